The van der Waals surface area contributed by atoms with Crippen LogP contribution in [0.4, 0.5) is 0 Å². The van der Waals surface area contributed by atoms with Crippen LogP contribution in [-0.2, 0) is 0 Å². The summed E-state index contributed by atoms with van der Waals surface area (Å²) in [5.74, 6) is 1.94. The van der Waals surface area contributed by atoms with Crippen LogP contribution in [0.1, 0.15) is 13.3 Å². The summed E-state index contributed by atoms with van der Waals surface area (Å²) in [6, 6.07) is 0. The van der Waals surface area contributed by atoms with Gasteiger partial charge < -0.3 is 5.32 Å². The Balaban J connectivity index is 2.19. The first-order chi connectivity index (χ1) is 5.36. The molecule has 2 rings (SSSR count). The van der Waals surface area contributed by atoms with E-state index in [-0.39, 0.29) is 0 Å². The molecule has 60 valence electrons. The lowest BCUT2D eigenvalue weighted by molar-refractivity contribution is 0.704. The first kappa shape index (κ1) is 7.29. The highest BCUT2D eigenvalue weighted by atomic mass is 32.2. The summed E-state index contributed by atoms with van der Waals surface area (Å²) in [6.45, 7) is 3.39. The van der Waals surface area contributed by atoms with Crippen molar-refractivity contribution in [1.29, 1.82) is 0 Å². The van der Waals surface area contributed by atoms with Crippen molar-refractivity contribution in [3.63, 3.8) is 0 Å². The van der Waals surface area contributed by atoms with Crippen LogP contribution in [0.3, 0.4) is 0 Å². The number of hydrogen-bond acceptors (Lipinski definition) is 2. The van der Waals surface area contributed by atoms with Crippen molar-refractivity contribution in [1.82, 2.24) is 5.32 Å². The van der Waals surface area contributed by atoms with Crippen molar-refractivity contribution in [3.05, 3.63) is 22.8 Å². The summed E-state index contributed by atoms with van der Waals surface area (Å²) >= 11 is 1.98. The molecular formula is C9H13NS. The van der Waals surface area contributed by atoms with Crippen LogP contribution < -0.4 is 5.32 Å². The minimum atomic E-state index is 0.722. The van der Waals surface area contributed by atoms with Gasteiger partial charge in [-0.2, -0.15) is 0 Å². The van der Waals surface area contributed by atoms with Crippen LogP contribution in [-0.4, -0.2) is 12.3 Å². The highest BCUT2D eigenvalue weighted by molar-refractivity contribution is 8.03. The molecule has 1 fully saturated rings. The fraction of sp³-hybridized carbons (Fsp3) is 0.556. The molecule has 1 nitrogen and oxygen atoms in total. The monoisotopic (exact) mass is 167 g/mol. The van der Waals surface area contributed by atoms with E-state index in [9.17, 15) is 0 Å². The van der Waals surface area contributed by atoms with Gasteiger partial charge in [0.15, 0.2) is 0 Å². The highest BCUT2D eigenvalue weighted by Crippen LogP contribution is 2.31. The summed E-state index contributed by atoms with van der Waals surface area (Å²) in [4.78, 5) is 1.47. The van der Waals surface area contributed by atoms with E-state index in [4.69, 9.17) is 0 Å². The first-order valence-corrected chi connectivity index (χ1v) is 5.14. The summed E-state index contributed by atoms with van der Waals surface area (Å²) in [5, 5.41) is 3.42. The first-order valence-electron chi connectivity index (χ1n) is 4.15. The predicted octanol–water partition coefficient (Wildman–Crippen LogP) is 2.13. The number of nitrogens with one attached hydrogen (secondary N) is 1. The van der Waals surface area contributed by atoms with E-state index in [1.165, 1.54) is 22.8 Å². The Labute approximate surface area is 71.9 Å². The second-order valence-corrected chi connectivity index (χ2v) is 4.27. The van der Waals surface area contributed by atoms with Gasteiger partial charge in [-0.05, 0) is 12.3 Å². The van der Waals surface area contributed by atoms with Gasteiger partial charge in [-0.15, -0.1) is 11.8 Å². The molecule has 0 spiro atoms. The molecule has 0 saturated carbocycles. The average Bonchev–Trinajstić information content (AvgIpc) is 2.04. The van der Waals surface area contributed by atoms with Crippen molar-refractivity contribution in [3.8, 4) is 0 Å². The Kier molecular flexibility index (Phi) is 1.95. The fourth-order valence-corrected chi connectivity index (χ4v) is 2.40. The van der Waals surface area contributed by atoms with Crippen molar-refractivity contribution >= 4 is 11.8 Å². The summed E-state index contributed by atoms with van der Waals surface area (Å²) in [7, 11) is 0. The second-order valence-electron chi connectivity index (χ2n) is 3.14. The molecule has 1 aliphatic heterocycles. The SMILES string of the molecule is CC1C=C2NCCSC2=CC1. The summed E-state index contributed by atoms with van der Waals surface area (Å²) in [5.41, 5.74) is 1.38. The zero-order valence-electron chi connectivity index (χ0n) is 6.76. The molecule has 1 unspecified atom stereocenters. The quantitative estimate of drug-likeness (QED) is 0.593. The van der Waals surface area contributed by atoms with Crippen LogP contribution >= 0.6 is 11.8 Å². The van der Waals surface area contributed by atoms with Gasteiger partial charge in [-0.25, -0.2) is 0 Å². The molecule has 0 bridgehead atoms. The van der Waals surface area contributed by atoms with Gasteiger partial charge in [0, 0.05) is 22.9 Å². The van der Waals surface area contributed by atoms with E-state index in [0.29, 0.717) is 0 Å². The van der Waals surface area contributed by atoms with E-state index in [0.717, 1.165) is 12.5 Å². The molecule has 1 saturated heterocycles. The molecule has 0 aromatic heterocycles. The predicted molar refractivity (Wildman–Crippen MR) is 50.4 cm³/mol. The van der Waals surface area contributed by atoms with Crippen molar-refractivity contribution < 1.29 is 0 Å². The number of allylic oxidation sites excluding steroid dienone is 2. The molecule has 2 heteroatoms. The van der Waals surface area contributed by atoms with Crippen LogP contribution in [0, 0.1) is 5.92 Å². The topological polar surface area (TPSA) is 12.0 Å². The molecule has 1 atom stereocenters. The smallest absolute Gasteiger partial charge is 0.0437 e. The molecule has 1 N–H and O–H groups in total. The fourth-order valence-electron chi connectivity index (χ4n) is 1.47. The number of fused-ring (bicyclic) bond motifs is 1. The summed E-state index contributed by atoms with van der Waals surface area (Å²) < 4.78 is 0. The Bertz CT molecular complexity index is 218. The molecule has 0 radical (unpaired) electrons. The molecule has 2 aliphatic rings. The molecule has 1 aliphatic carbocycles. The molecule has 11 heavy (non-hydrogen) atoms. The van der Waals surface area contributed by atoms with E-state index >= 15 is 0 Å². The van der Waals surface area contributed by atoms with E-state index in [1.807, 2.05) is 11.8 Å². The highest BCUT2D eigenvalue weighted by Gasteiger charge is 2.15. The van der Waals surface area contributed by atoms with Crippen molar-refractivity contribution in [2.75, 3.05) is 12.3 Å². The zero-order valence-corrected chi connectivity index (χ0v) is 7.58. The van der Waals surface area contributed by atoms with Crippen molar-refractivity contribution in [2.24, 2.45) is 5.92 Å². The average molecular weight is 167 g/mol. The Morgan fingerprint density at radius 2 is 2.55 bits per heavy atom. The summed E-state index contributed by atoms with van der Waals surface area (Å²) in [6.07, 6.45) is 5.92. The lowest BCUT2D eigenvalue weighted by atomic mass is 10.0. The largest absolute Gasteiger partial charge is 0.384 e. The molecule has 0 aromatic carbocycles. The van der Waals surface area contributed by atoms with E-state index in [2.05, 4.69) is 24.4 Å². The maximum absolute atomic E-state index is 3.42. The third kappa shape index (κ3) is 1.45. The van der Waals surface area contributed by atoms with Gasteiger partial charge in [-0.3, -0.25) is 0 Å². The number of rotatable bonds is 0. The lowest BCUT2D eigenvalue weighted by Crippen LogP contribution is -2.24. The minimum Gasteiger partial charge on any atom is -0.384 e. The third-order valence-corrected chi connectivity index (χ3v) is 3.17. The third-order valence-electron chi connectivity index (χ3n) is 2.07. The molecule has 0 aromatic rings. The van der Waals surface area contributed by atoms with Crippen LogP contribution in [0.5, 0.6) is 0 Å². The Hall–Kier alpha value is -0.370. The van der Waals surface area contributed by atoms with Gasteiger partial charge in [0.05, 0.1) is 0 Å². The van der Waals surface area contributed by atoms with E-state index in [1.54, 1.807) is 0 Å². The van der Waals surface area contributed by atoms with Crippen LogP contribution in [0.2, 0.25) is 0 Å². The maximum atomic E-state index is 3.42. The number of thioether (sulfide) groups is 1. The molecule has 1 heterocycles. The Morgan fingerprint density at radius 1 is 1.64 bits per heavy atom. The van der Waals surface area contributed by atoms with Gasteiger partial charge in [-0.1, -0.05) is 19.1 Å². The van der Waals surface area contributed by atoms with Crippen molar-refractivity contribution in [2.45, 2.75) is 13.3 Å². The van der Waals surface area contributed by atoms with Gasteiger partial charge in [0.1, 0.15) is 0 Å². The molecule has 0 amide bonds. The maximum Gasteiger partial charge on any atom is 0.0437 e. The normalized spacial score (nSPS) is 29.7. The van der Waals surface area contributed by atoms with Gasteiger partial charge >= 0.3 is 0 Å². The lowest BCUT2D eigenvalue weighted by Gasteiger charge is -2.24. The van der Waals surface area contributed by atoms with Gasteiger partial charge in [0.2, 0.25) is 0 Å². The van der Waals surface area contributed by atoms with Crippen LogP contribution in [0.15, 0.2) is 22.8 Å². The molecular weight excluding hydrogens is 154 g/mol. The Morgan fingerprint density at radius 3 is 3.45 bits per heavy atom. The number of hydrogen-bond donors (Lipinski definition) is 1. The standard InChI is InChI=1S/C9H13NS/c1-7-2-3-9-8(6-7)10-4-5-11-9/h3,6-7,10H,2,4-5H2,1H3. The van der Waals surface area contributed by atoms with Gasteiger partial charge in [0.25, 0.3) is 0 Å². The van der Waals surface area contributed by atoms with E-state index < -0.39 is 0 Å². The minimum absolute atomic E-state index is 0.722. The second kappa shape index (κ2) is 2.94. The zero-order chi connectivity index (χ0) is 7.68. The van der Waals surface area contributed by atoms with Crippen LogP contribution in [0.25, 0.3) is 0 Å².